The van der Waals surface area contributed by atoms with Crippen molar-refractivity contribution in [2.45, 2.75) is 6.61 Å². The van der Waals surface area contributed by atoms with E-state index in [0.29, 0.717) is 17.0 Å². The molecule has 6 nitrogen and oxygen atoms in total. The number of non-ortho nitro benzene ring substituents is 1. The highest BCUT2D eigenvalue weighted by molar-refractivity contribution is 6.04. The van der Waals surface area contributed by atoms with E-state index >= 15 is 0 Å². The highest BCUT2D eigenvalue weighted by atomic mass is 19.1. The third-order valence-corrected chi connectivity index (χ3v) is 3.71. The quantitative estimate of drug-likeness (QED) is 0.512. The number of carbonyl (C=O) groups is 1. The number of anilines is 1. The normalized spacial score (nSPS) is 10.3. The minimum absolute atomic E-state index is 0.158. The topological polar surface area (TPSA) is 81.5 Å². The van der Waals surface area contributed by atoms with E-state index in [2.05, 4.69) is 5.32 Å². The van der Waals surface area contributed by atoms with Gasteiger partial charge in [0.25, 0.3) is 11.6 Å². The first-order chi connectivity index (χ1) is 13.0. The van der Waals surface area contributed by atoms with E-state index in [-0.39, 0.29) is 23.7 Å². The van der Waals surface area contributed by atoms with Crippen LogP contribution >= 0.6 is 0 Å². The zero-order chi connectivity index (χ0) is 19.2. The molecule has 0 atom stereocenters. The Morgan fingerprint density at radius 1 is 1.04 bits per heavy atom. The van der Waals surface area contributed by atoms with Crippen LogP contribution in [-0.2, 0) is 6.61 Å². The van der Waals surface area contributed by atoms with Crippen LogP contribution in [0.4, 0.5) is 15.8 Å². The maximum atomic E-state index is 13.2. The number of nitro groups is 1. The van der Waals surface area contributed by atoms with Gasteiger partial charge in [-0.15, -0.1) is 0 Å². The molecule has 3 aromatic rings. The predicted octanol–water partition coefficient (Wildman–Crippen LogP) is 4.57. The van der Waals surface area contributed by atoms with Crippen molar-refractivity contribution in [3.8, 4) is 5.75 Å². The van der Waals surface area contributed by atoms with E-state index in [1.54, 1.807) is 36.4 Å². The van der Waals surface area contributed by atoms with Crippen molar-refractivity contribution in [1.82, 2.24) is 0 Å². The first-order valence-corrected chi connectivity index (χ1v) is 8.04. The standard InChI is InChI=1S/C20H15FN2O4/c21-16-6-1-4-14(10-16)13-27-19-9-3-7-17(12-19)22-20(24)15-5-2-8-18(11-15)23(25)26/h1-12H,13H2,(H,22,24). The lowest BCUT2D eigenvalue weighted by atomic mass is 10.2. The molecular weight excluding hydrogens is 351 g/mol. The minimum atomic E-state index is -0.558. The number of ether oxygens (including phenoxy) is 1. The number of benzene rings is 3. The molecule has 0 unspecified atom stereocenters. The van der Waals surface area contributed by atoms with Gasteiger partial charge in [0.05, 0.1) is 4.92 Å². The van der Waals surface area contributed by atoms with Crippen molar-refractivity contribution in [2.24, 2.45) is 0 Å². The van der Waals surface area contributed by atoms with Crippen LogP contribution < -0.4 is 10.1 Å². The molecule has 0 aromatic heterocycles. The van der Waals surface area contributed by atoms with Crippen LogP contribution in [-0.4, -0.2) is 10.8 Å². The zero-order valence-corrected chi connectivity index (χ0v) is 14.1. The maximum absolute atomic E-state index is 13.2. The van der Waals surface area contributed by atoms with Crippen molar-refractivity contribution < 1.29 is 18.8 Å². The molecule has 0 spiro atoms. The molecule has 0 fully saturated rings. The molecule has 1 amide bonds. The van der Waals surface area contributed by atoms with E-state index < -0.39 is 10.8 Å². The van der Waals surface area contributed by atoms with Crippen LogP contribution in [0.3, 0.4) is 0 Å². The molecule has 1 N–H and O–H groups in total. The molecular formula is C20H15FN2O4. The van der Waals surface area contributed by atoms with Gasteiger partial charge in [0.2, 0.25) is 0 Å². The molecule has 0 aliphatic rings. The molecule has 0 saturated carbocycles. The highest BCUT2D eigenvalue weighted by Gasteiger charge is 2.12. The summed E-state index contributed by atoms with van der Waals surface area (Å²) in [5, 5.41) is 13.5. The van der Waals surface area contributed by atoms with Crippen LogP contribution in [0.25, 0.3) is 0 Å². The largest absolute Gasteiger partial charge is 0.489 e. The molecule has 0 saturated heterocycles. The summed E-state index contributed by atoms with van der Waals surface area (Å²) in [4.78, 5) is 22.6. The average molecular weight is 366 g/mol. The van der Waals surface area contributed by atoms with Crippen LogP contribution in [0.2, 0.25) is 0 Å². The summed E-state index contributed by atoms with van der Waals surface area (Å²) in [7, 11) is 0. The number of hydrogen-bond donors (Lipinski definition) is 1. The molecule has 27 heavy (non-hydrogen) atoms. The summed E-state index contributed by atoms with van der Waals surface area (Å²) in [5.74, 6) is -0.314. The third kappa shape index (κ3) is 4.88. The molecule has 0 aliphatic heterocycles. The van der Waals surface area contributed by atoms with E-state index in [1.165, 1.54) is 36.4 Å². The number of rotatable bonds is 6. The molecule has 0 heterocycles. The average Bonchev–Trinajstić information content (AvgIpc) is 2.67. The Bertz CT molecular complexity index is 991. The van der Waals surface area contributed by atoms with Gasteiger partial charge in [0.15, 0.2) is 0 Å². The van der Waals surface area contributed by atoms with Gasteiger partial charge >= 0.3 is 0 Å². The van der Waals surface area contributed by atoms with Gasteiger partial charge in [-0.3, -0.25) is 14.9 Å². The lowest BCUT2D eigenvalue weighted by Gasteiger charge is -2.09. The maximum Gasteiger partial charge on any atom is 0.270 e. The van der Waals surface area contributed by atoms with E-state index in [4.69, 9.17) is 4.74 Å². The number of amides is 1. The molecule has 136 valence electrons. The summed E-state index contributed by atoms with van der Waals surface area (Å²) < 4.78 is 18.8. The van der Waals surface area contributed by atoms with Crippen molar-refractivity contribution in [3.63, 3.8) is 0 Å². The summed E-state index contributed by atoms with van der Waals surface area (Å²) in [6, 6.07) is 18.3. The van der Waals surface area contributed by atoms with Gasteiger partial charge in [-0.2, -0.15) is 0 Å². The summed E-state index contributed by atoms with van der Waals surface area (Å²) in [6.07, 6.45) is 0. The van der Waals surface area contributed by atoms with Gasteiger partial charge in [-0.1, -0.05) is 24.3 Å². The fraction of sp³-hybridized carbons (Fsp3) is 0.0500. The van der Waals surface area contributed by atoms with Gasteiger partial charge in [-0.05, 0) is 35.9 Å². The van der Waals surface area contributed by atoms with Crippen LogP contribution in [0.15, 0.2) is 72.8 Å². The summed E-state index contributed by atoms with van der Waals surface area (Å²) in [5.41, 5.74) is 1.18. The summed E-state index contributed by atoms with van der Waals surface area (Å²) >= 11 is 0. The Labute approximate surface area is 154 Å². The Hall–Kier alpha value is -3.74. The van der Waals surface area contributed by atoms with Gasteiger partial charge in [-0.25, -0.2) is 4.39 Å². The van der Waals surface area contributed by atoms with Crippen molar-refractivity contribution in [3.05, 3.63) is 99.9 Å². The molecule has 0 aliphatic carbocycles. The Morgan fingerprint density at radius 3 is 2.59 bits per heavy atom. The van der Waals surface area contributed by atoms with Crippen LogP contribution in [0, 0.1) is 15.9 Å². The van der Waals surface area contributed by atoms with Crippen molar-refractivity contribution in [2.75, 3.05) is 5.32 Å². The third-order valence-electron chi connectivity index (χ3n) is 3.71. The van der Waals surface area contributed by atoms with Gasteiger partial charge in [0.1, 0.15) is 18.2 Å². The number of nitro benzene ring substituents is 1. The fourth-order valence-corrected chi connectivity index (χ4v) is 2.42. The summed E-state index contributed by atoms with van der Waals surface area (Å²) in [6.45, 7) is 0.181. The van der Waals surface area contributed by atoms with E-state index in [1.807, 2.05) is 0 Å². The lowest BCUT2D eigenvalue weighted by molar-refractivity contribution is -0.384. The van der Waals surface area contributed by atoms with Crippen molar-refractivity contribution in [1.29, 1.82) is 0 Å². The van der Waals surface area contributed by atoms with E-state index in [9.17, 15) is 19.3 Å². The van der Waals surface area contributed by atoms with Crippen molar-refractivity contribution >= 4 is 17.3 Å². The van der Waals surface area contributed by atoms with Crippen LogP contribution in [0.1, 0.15) is 15.9 Å². The lowest BCUT2D eigenvalue weighted by Crippen LogP contribution is -2.12. The number of nitrogens with one attached hydrogen (secondary N) is 1. The zero-order valence-electron chi connectivity index (χ0n) is 14.1. The highest BCUT2D eigenvalue weighted by Crippen LogP contribution is 2.20. The molecule has 7 heteroatoms. The van der Waals surface area contributed by atoms with Gasteiger partial charge in [0, 0.05) is 29.4 Å². The number of carbonyl (C=O) groups excluding carboxylic acids is 1. The number of halogens is 1. The molecule has 0 bridgehead atoms. The predicted molar refractivity (Wildman–Crippen MR) is 98.2 cm³/mol. The van der Waals surface area contributed by atoms with E-state index in [0.717, 1.165) is 0 Å². The van der Waals surface area contributed by atoms with Crippen LogP contribution in [0.5, 0.6) is 5.75 Å². The smallest absolute Gasteiger partial charge is 0.270 e. The molecule has 3 aromatic carbocycles. The number of nitrogens with zero attached hydrogens (tertiary/aromatic N) is 1. The first-order valence-electron chi connectivity index (χ1n) is 8.04. The Balaban J connectivity index is 1.67. The SMILES string of the molecule is O=C(Nc1cccc(OCc2cccc(F)c2)c1)c1cccc([N+](=O)[O-])c1. The van der Waals surface area contributed by atoms with Gasteiger partial charge < -0.3 is 10.1 Å². The first kappa shape index (κ1) is 18.1. The monoisotopic (exact) mass is 366 g/mol. The second-order valence-electron chi connectivity index (χ2n) is 5.71. The fourth-order valence-electron chi connectivity index (χ4n) is 2.42. The molecule has 3 rings (SSSR count). The Morgan fingerprint density at radius 2 is 1.81 bits per heavy atom. The Kier molecular flexibility index (Phi) is 5.41. The second kappa shape index (κ2) is 8.09. The molecule has 0 radical (unpaired) electrons. The number of hydrogen-bond acceptors (Lipinski definition) is 4. The minimum Gasteiger partial charge on any atom is -0.489 e. The second-order valence-corrected chi connectivity index (χ2v) is 5.71.